The van der Waals surface area contributed by atoms with Crippen molar-refractivity contribution in [3.8, 4) is 17.1 Å². The highest BCUT2D eigenvalue weighted by Crippen LogP contribution is 2.34. The van der Waals surface area contributed by atoms with Crippen LogP contribution in [0.3, 0.4) is 0 Å². The maximum absolute atomic E-state index is 5.57. The number of thiazole rings is 1. The number of methoxy groups -OCH3 is 1. The normalized spacial score (nSPS) is 14.1. The van der Waals surface area contributed by atoms with Crippen LogP contribution >= 0.6 is 11.3 Å². The zero-order valence-electron chi connectivity index (χ0n) is 16.4. The number of hydrogen-bond acceptors (Lipinski definition) is 10. The summed E-state index contributed by atoms with van der Waals surface area (Å²) >= 11 is 1.52. The van der Waals surface area contributed by atoms with Crippen molar-refractivity contribution >= 4 is 39.0 Å². The molecule has 0 radical (unpaired) electrons. The van der Waals surface area contributed by atoms with Gasteiger partial charge in [0.05, 0.1) is 30.4 Å². The number of rotatable bonds is 5. The number of nitrogens with zero attached hydrogens (tertiary/aromatic N) is 6. The Labute approximate surface area is 177 Å². The molecule has 0 aromatic carbocycles. The minimum Gasteiger partial charge on any atom is -0.494 e. The Morgan fingerprint density at radius 2 is 2.03 bits per heavy atom. The standard InChI is InChI=1S/C20H20N8OS/c1-29-15-12-22-11-14-17(15)19(28-7-4-21-5-8-28)27-18(25-14)13-2-3-23-16(10-13)26-20-24-6-9-30-20/h2-3,6,9-12,21H,4-5,7-8H2,1H3,(H,23,24,26). The van der Waals surface area contributed by atoms with Gasteiger partial charge in [-0.1, -0.05) is 0 Å². The average molecular weight is 421 g/mol. The Bertz CT molecular complexity index is 1160. The average Bonchev–Trinajstić information content (AvgIpc) is 3.31. The Kier molecular flexibility index (Phi) is 5.08. The van der Waals surface area contributed by atoms with Gasteiger partial charge in [-0.3, -0.25) is 4.98 Å². The highest BCUT2D eigenvalue weighted by Gasteiger charge is 2.20. The van der Waals surface area contributed by atoms with Crippen LogP contribution in [0.1, 0.15) is 0 Å². The molecule has 10 heteroatoms. The molecule has 1 saturated heterocycles. The molecule has 1 fully saturated rings. The third kappa shape index (κ3) is 3.62. The molecule has 4 aromatic heterocycles. The van der Waals surface area contributed by atoms with E-state index in [0.29, 0.717) is 17.4 Å². The summed E-state index contributed by atoms with van der Waals surface area (Å²) in [5.74, 6) is 2.85. The summed E-state index contributed by atoms with van der Waals surface area (Å²) in [7, 11) is 1.64. The molecule has 0 saturated carbocycles. The van der Waals surface area contributed by atoms with Crippen molar-refractivity contribution in [2.75, 3.05) is 43.5 Å². The SMILES string of the molecule is COc1cncc2nc(-c3ccnc(Nc4nccs4)c3)nc(N3CCNCC3)c12. The number of fused-ring (bicyclic) bond motifs is 1. The van der Waals surface area contributed by atoms with Crippen LogP contribution in [0.25, 0.3) is 22.3 Å². The maximum atomic E-state index is 5.57. The summed E-state index contributed by atoms with van der Waals surface area (Å²) in [6.45, 7) is 3.55. The van der Waals surface area contributed by atoms with Gasteiger partial charge < -0.3 is 20.3 Å². The van der Waals surface area contributed by atoms with E-state index in [1.807, 2.05) is 17.5 Å². The van der Waals surface area contributed by atoms with Gasteiger partial charge in [0, 0.05) is 49.5 Å². The molecule has 1 aliphatic heterocycles. The third-order valence-electron chi connectivity index (χ3n) is 4.87. The maximum Gasteiger partial charge on any atom is 0.188 e. The van der Waals surface area contributed by atoms with E-state index in [9.17, 15) is 0 Å². The lowest BCUT2D eigenvalue weighted by molar-refractivity contribution is 0.418. The fraction of sp³-hybridized carbons (Fsp3) is 0.250. The number of ether oxygens (including phenoxy) is 1. The molecule has 5 heterocycles. The van der Waals surface area contributed by atoms with E-state index in [1.54, 1.807) is 31.9 Å². The van der Waals surface area contributed by atoms with Crippen molar-refractivity contribution in [2.45, 2.75) is 0 Å². The van der Waals surface area contributed by atoms with Gasteiger partial charge in [-0.05, 0) is 12.1 Å². The minimum absolute atomic E-state index is 0.621. The minimum atomic E-state index is 0.621. The number of hydrogen-bond donors (Lipinski definition) is 2. The van der Waals surface area contributed by atoms with Crippen LogP contribution in [0, 0.1) is 0 Å². The van der Waals surface area contributed by atoms with Crippen molar-refractivity contribution in [3.63, 3.8) is 0 Å². The molecule has 0 amide bonds. The molecule has 2 N–H and O–H groups in total. The topological polar surface area (TPSA) is 101 Å². The van der Waals surface area contributed by atoms with Crippen LogP contribution in [-0.4, -0.2) is 58.2 Å². The summed E-state index contributed by atoms with van der Waals surface area (Å²) < 4.78 is 5.57. The van der Waals surface area contributed by atoms with Crippen molar-refractivity contribution in [2.24, 2.45) is 0 Å². The smallest absolute Gasteiger partial charge is 0.188 e. The zero-order valence-corrected chi connectivity index (χ0v) is 17.2. The van der Waals surface area contributed by atoms with E-state index in [0.717, 1.165) is 53.6 Å². The number of nitrogens with one attached hydrogen (secondary N) is 2. The second-order valence-corrected chi connectivity index (χ2v) is 7.63. The fourth-order valence-corrected chi connectivity index (χ4v) is 3.99. The molecule has 152 valence electrons. The van der Waals surface area contributed by atoms with Crippen LogP contribution in [0.4, 0.5) is 16.8 Å². The second kappa shape index (κ2) is 8.17. The summed E-state index contributed by atoms with van der Waals surface area (Å²) in [5.41, 5.74) is 1.62. The van der Waals surface area contributed by atoms with Crippen molar-refractivity contribution in [1.82, 2.24) is 30.2 Å². The van der Waals surface area contributed by atoms with Crippen LogP contribution in [0.15, 0.2) is 42.3 Å². The van der Waals surface area contributed by atoms with Gasteiger partial charge in [-0.2, -0.15) is 0 Å². The molecule has 30 heavy (non-hydrogen) atoms. The van der Waals surface area contributed by atoms with E-state index in [-0.39, 0.29) is 0 Å². The van der Waals surface area contributed by atoms with Crippen LogP contribution in [0.5, 0.6) is 5.75 Å². The largest absolute Gasteiger partial charge is 0.494 e. The number of pyridine rings is 2. The third-order valence-corrected chi connectivity index (χ3v) is 5.56. The Morgan fingerprint density at radius 1 is 1.13 bits per heavy atom. The molecule has 9 nitrogen and oxygen atoms in total. The monoisotopic (exact) mass is 420 g/mol. The van der Waals surface area contributed by atoms with Gasteiger partial charge in [-0.15, -0.1) is 11.3 Å². The summed E-state index contributed by atoms with van der Waals surface area (Å²) in [5, 5.41) is 10.2. The Morgan fingerprint density at radius 3 is 2.83 bits per heavy atom. The highest BCUT2D eigenvalue weighted by molar-refractivity contribution is 7.13. The first kappa shape index (κ1) is 18.6. The molecule has 0 atom stereocenters. The van der Waals surface area contributed by atoms with Crippen LogP contribution < -0.4 is 20.3 Å². The zero-order chi connectivity index (χ0) is 20.3. The molecule has 0 spiro atoms. The molecular formula is C20H20N8OS. The van der Waals surface area contributed by atoms with Gasteiger partial charge in [0.25, 0.3) is 0 Å². The van der Waals surface area contributed by atoms with Gasteiger partial charge in [-0.25, -0.2) is 19.9 Å². The lowest BCUT2D eigenvalue weighted by Crippen LogP contribution is -2.44. The predicted octanol–water partition coefficient (Wildman–Crippen LogP) is 2.71. The van der Waals surface area contributed by atoms with Crippen molar-refractivity contribution in [1.29, 1.82) is 0 Å². The Hall–Kier alpha value is -3.37. The van der Waals surface area contributed by atoms with E-state index in [1.165, 1.54) is 11.3 Å². The number of piperazine rings is 1. The highest BCUT2D eigenvalue weighted by atomic mass is 32.1. The molecule has 1 aliphatic rings. The van der Waals surface area contributed by atoms with Crippen LogP contribution in [-0.2, 0) is 0 Å². The fourth-order valence-electron chi connectivity index (χ4n) is 3.46. The molecular weight excluding hydrogens is 400 g/mol. The van der Waals surface area contributed by atoms with Crippen molar-refractivity contribution < 1.29 is 4.74 Å². The van der Waals surface area contributed by atoms with Gasteiger partial charge >= 0.3 is 0 Å². The van der Waals surface area contributed by atoms with E-state index in [2.05, 4.69) is 30.5 Å². The van der Waals surface area contributed by atoms with Gasteiger partial charge in [0.15, 0.2) is 11.0 Å². The molecule has 0 bridgehead atoms. The predicted molar refractivity (Wildman–Crippen MR) is 118 cm³/mol. The number of aromatic nitrogens is 5. The van der Waals surface area contributed by atoms with Crippen LogP contribution in [0.2, 0.25) is 0 Å². The van der Waals surface area contributed by atoms with Gasteiger partial charge in [0.2, 0.25) is 0 Å². The lowest BCUT2D eigenvalue weighted by Gasteiger charge is -2.29. The molecule has 0 aliphatic carbocycles. The van der Waals surface area contributed by atoms with E-state index in [4.69, 9.17) is 14.7 Å². The first-order chi connectivity index (χ1) is 14.8. The number of anilines is 3. The summed E-state index contributed by atoms with van der Waals surface area (Å²) in [6, 6.07) is 3.83. The first-order valence-corrected chi connectivity index (χ1v) is 10.5. The summed E-state index contributed by atoms with van der Waals surface area (Å²) in [6.07, 6.45) is 6.96. The Balaban J connectivity index is 1.61. The summed E-state index contributed by atoms with van der Waals surface area (Å²) in [4.78, 5) is 24.9. The van der Waals surface area contributed by atoms with E-state index >= 15 is 0 Å². The molecule has 0 unspecified atom stereocenters. The van der Waals surface area contributed by atoms with Crippen molar-refractivity contribution in [3.05, 3.63) is 42.3 Å². The first-order valence-electron chi connectivity index (χ1n) is 9.60. The lowest BCUT2D eigenvalue weighted by atomic mass is 10.2. The quantitative estimate of drug-likeness (QED) is 0.504. The van der Waals surface area contributed by atoms with Gasteiger partial charge in [0.1, 0.15) is 17.4 Å². The second-order valence-electron chi connectivity index (χ2n) is 6.74. The molecule has 4 aromatic rings. The van der Waals surface area contributed by atoms with E-state index < -0.39 is 0 Å². The molecule has 5 rings (SSSR count).